The van der Waals surface area contributed by atoms with Gasteiger partial charge in [0.2, 0.25) is 0 Å². The Hall–Kier alpha value is -4.23. The Balaban J connectivity index is 1.37. The third kappa shape index (κ3) is 7.12. The van der Waals surface area contributed by atoms with Crippen LogP contribution in [0.1, 0.15) is 55.8 Å². The van der Waals surface area contributed by atoms with Crippen LogP contribution in [-0.2, 0) is 22.5 Å². The van der Waals surface area contributed by atoms with Gasteiger partial charge in [0.15, 0.2) is 0 Å². The Bertz CT molecular complexity index is 1660. The Morgan fingerprint density at radius 2 is 1.83 bits per heavy atom. The molecule has 3 heterocycles. The summed E-state index contributed by atoms with van der Waals surface area (Å²) in [6.45, 7) is 4.85. The number of cyclic esters (lactones) is 1. The molecule has 3 atom stereocenters. The summed E-state index contributed by atoms with van der Waals surface area (Å²) >= 11 is 0. The molecule has 0 bridgehead atoms. The van der Waals surface area contributed by atoms with E-state index in [-0.39, 0.29) is 31.6 Å². The van der Waals surface area contributed by atoms with Crippen LogP contribution >= 0.6 is 0 Å². The van der Waals surface area contributed by atoms with Gasteiger partial charge < -0.3 is 19.5 Å². The third-order valence-electron chi connectivity index (χ3n) is 9.27. The van der Waals surface area contributed by atoms with Gasteiger partial charge >= 0.3 is 24.4 Å². The first-order valence-electron chi connectivity index (χ1n) is 15.9. The van der Waals surface area contributed by atoms with Gasteiger partial charge in [-0.2, -0.15) is 26.3 Å². The van der Waals surface area contributed by atoms with Crippen LogP contribution in [0.2, 0.25) is 0 Å². The van der Waals surface area contributed by atoms with Gasteiger partial charge in [-0.25, -0.2) is 9.78 Å². The average molecular weight is 680 g/mol. The average Bonchev–Trinajstić information content (AvgIpc) is 3.75. The topological polar surface area (TPSA) is 92.2 Å². The summed E-state index contributed by atoms with van der Waals surface area (Å²) in [6.07, 6.45) is -9.15. The minimum absolute atomic E-state index is 0.0285. The van der Waals surface area contributed by atoms with E-state index in [1.165, 1.54) is 4.90 Å². The lowest BCUT2D eigenvalue weighted by molar-refractivity contribution is -0.137. The number of alkyl halides is 6. The molecule has 8 nitrogen and oxygen atoms in total. The van der Waals surface area contributed by atoms with E-state index < -0.39 is 60.0 Å². The Kier molecular flexibility index (Phi) is 8.88. The van der Waals surface area contributed by atoms with E-state index in [1.807, 2.05) is 25.1 Å². The number of aromatic nitrogens is 1. The summed E-state index contributed by atoms with van der Waals surface area (Å²) in [7, 11) is 0. The number of nitrogens with zero attached hydrogens (tertiary/aromatic N) is 3. The number of amides is 1. The molecule has 258 valence electrons. The maximum Gasteiger partial charge on any atom is 0.416 e. The van der Waals surface area contributed by atoms with Crippen molar-refractivity contribution in [3.05, 3.63) is 64.4 Å². The normalized spacial score (nSPS) is 23.0. The largest absolute Gasteiger partial charge is 0.490 e. The number of aliphatic carboxylic acids is 1. The van der Waals surface area contributed by atoms with Gasteiger partial charge in [-0.05, 0) is 81.4 Å². The fourth-order valence-electron chi connectivity index (χ4n) is 6.42. The number of pyridine rings is 1. The molecule has 1 unspecified atom stereocenters. The number of ether oxygens (including phenoxy) is 2. The molecule has 0 radical (unpaired) electrons. The highest BCUT2D eigenvalue weighted by Gasteiger charge is 2.48. The summed E-state index contributed by atoms with van der Waals surface area (Å²) in [6, 6.07) is 6.48. The second-order valence-electron chi connectivity index (χ2n) is 12.9. The number of carboxylic acid groups (broad SMARTS) is 1. The number of hydrogen-bond acceptors (Lipinski definition) is 6. The predicted octanol–water partition coefficient (Wildman–Crippen LogP) is 7.53. The lowest BCUT2D eigenvalue weighted by Crippen LogP contribution is -2.39. The zero-order valence-electron chi connectivity index (χ0n) is 26.3. The molecule has 1 N–H and O–H groups in total. The molecular formula is C34H35F6N3O5. The van der Waals surface area contributed by atoms with Crippen LogP contribution in [0, 0.1) is 12.8 Å². The van der Waals surface area contributed by atoms with Gasteiger partial charge in [-0.3, -0.25) is 9.69 Å². The fraction of sp³-hybridized carbons (Fsp3) is 0.500. The first-order chi connectivity index (χ1) is 22.6. The van der Waals surface area contributed by atoms with Crippen molar-refractivity contribution < 1.29 is 50.5 Å². The molecular weight excluding hydrogens is 644 g/mol. The van der Waals surface area contributed by atoms with Crippen molar-refractivity contribution in [3.8, 4) is 16.9 Å². The van der Waals surface area contributed by atoms with E-state index >= 15 is 0 Å². The standard InChI is InChI=1S/C34H35F6N3O5/c1-18-12-28(42-10-3-11-42)41-26(30(18)25-13-20(5-9-29(44)45)4-8-27(25)47-24-6-7-24)17-43-19(2)31(48-32(43)46)21-14-22(33(35,36)37)16-23(15-21)34(38,39)40/h4,8,12-14,16,19,21,24,31H,3,5-7,9-11,15,17H2,1-2H3,(H,44,45)/t19-,21?,31-/m0/s1. The minimum Gasteiger partial charge on any atom is -0.490 e. The number of hydrogen-bond donors (Lipinski definition) is 1. The van der Waals surface area contributed by atoms with Gasteiger partial charge in [0.25, 0.3) is 0 Å². The molecule has 48 heavy (non-hydrogen) atoms. The zero-order valence-corrected chi connectivity index (χ0v) is 26.3. The van der Waals surface area contributed by atoms with Crippen molar-refractivity contribution in [3.63, 3.8) is 0 Å². The molecule has 6 rings (SSSR count). The Morgan fingerprint density at radius 3 is 2.44 bits per heavy atom. The van der Waals surface area contributed by atoms with Crippen molar-refractivity contribution in [2.45, 2.75) is 89.5 Å². The van der Waals surface area contributed by atoms with Gasteiger partial charge in [0.05, 0.1) is 30.0 Å². The lowest BCUT2D eigenvalue weighted by atomic mass is 9.83. The van der Waals surface area contributed by atoms with E-state index in [2.05, 4.69) is 4.90 Å². The molecule has 2 aliphatic heterocycles. The van der Waals surface area contributed by atoms with Gasteiger partial charge in [0, 0.05) is 42.1 Å². The molecule has 1 saturated carbocycles. The number of carbonyl (C=O) groups excluding carboxylic acids is 1. The summed E-state index contributed by atoms with van der Waals surface area (Å²) in [5, 5.41) is 9.27. The highest BCUT2D eigenvalue weighted by Crippen LogP contribution is 2.44. The van der Waals surface area contributed by atoms with Gasteiger partial charge in [-0.15, -0.1) is 0 Å². The predicted molar refractivity (Wildman–Crippen MR) is 163 cm³/mol. The number of rotatable bonds is 10. The lowest BCUT2D eigenvalue weighted by Gasteiger charge is -2.33. The summed E-state index contributed by atoms with van der Waals surface area (Å²) in [5.74, 6) is -1.08. The number of benzene rings is 1. The molecule has 0 spiro atoms. The van der Waals surface area contributed by atoms with E-state index in [0.717, 1.165) is 49.6 Å². The molecule has 2 aliphatic carbocycles. The first-order valence-corrected chi connectivity index (χ1v) is 15.9. The third-order valence-corrected chi connectivity index (χ3v) is 9.27. The van der Waals surface area contributed by atoms with Gasteiger partial charge in [0.1, 0.15) is 17.7 Å². The maximum absolute atomic E-state index is 13.7. The molecule has 3 fully saturated rings. The van der Waals surface area contributed by atoms with Crippen LogP contribution < -0.4 is 9.64 Å². The molecule has 4 aliphatic rings. The van der Waals surface area contributed by atoms with Crippen molar-refractivity contribution in [2.75, 3.05) is 18.0 Å². The molecule has 1 aromatic heterocycles. The number of carboxylic acids is 1. The van der Waals surface area contributed by atoms with E-state index in [1.54, 1.807) is 13.0 Å². The van der Waals surface area contributed by atoms with E-state index in [0.29, 0.717) is 28.4 Å². The van der Waals surface area contributed by atoms with Crippen LogP contribution in [0.3, 0.4) is 0 Å². The number of allylic oxidation sites excluding steroid dienone is 3. The summed E-state index contributed by atoms with van der Waals surface area (Å²) < 4.78 is 93.8. The van der Waals surface area contributed by atoms with Crippen molar-refractivity contribution in [1.29, 1.82) is 0 Å². The van der Waals surface area contributed by atoms with Crippen molar-refractivity contribution in [1.82, 2.24) is 9.88 Å². The van der Waals surface area contributed by atoms with Crippen molar-refractivity contribution in [2.24, 2.45) is 5.92 Å². The second-order valence-corrected chi connectivity index (χ2v) is 12.9. The van der Waals surface area contributed by atoms with Gasteiger partial charge in [-0.1, -0.05) is 12.1 Å². The summed E-state index contributed by atoms with van der Waals surface area (Å²) in [5.41, 5.74) is 0.539. The monoisotopic (exact) mass is 679 g/mol. The minimum atomic E-state index is -5.02. The first kappa shape index (κ1) is 33.7. The van der Waals surface area contributed by atoms with Crippen LogP contribution in [-0.4, -0.2) is 70.7 Å². The molecule has 14 heteroatoms. The second kappa shape index (κ2) is 12.7. The van der Waals surface area contributed by atoms with E-state index in [4.69, 9.17) is 14.5 Å². The van der Waals surface area contributed by atoms with Crippen LogP contribution in [0.25, 0.3) is 11.1 Å². The van der Waals surface area contributed by atoms with Crippen LogP contribution in [0.15, 0.2) is 47.6 Å². The Morgan fingerprint density at radius 1 is 1.10 bits per heavy atom. The molecule has 1 aromatic carbocycles. The highest BCUT2D eigenvalue weighted by molar-refractivity contribution is 5.79. The fourth-order valence-corrected chi connectivity index (χ4v) is 6.42. The Labute approximate surface area is 273 Å². The summed E-state index contributed by atoms with van der Waals surface area (Å²) in [4.78, 5) is 33.0. The number of halogens is 6. The number of anilines is 1. The van der Waals surface area contributed by atoms with Crippen LogP contribution in [0.4, 0.5) is 37.0 Å². The highest BCUT2D eigenvalue weighted by atomic mass is 19.4. The SMILES string of the molecule is Cc1cc(N2CCC2)nc(CN2C(=O)O[C@H](C3C=C(C(F)(F)F)C=C(C(F)(F)F)C3)[C@@H]2C)c1-c1cc(CCC(=O)O)ccc1OC1CC1. The van der Waals surface area contributed by atoms with Crippen molar-refractivity contribution >= 4 is 17.9 Å². The molecule has 2 aromatic rings. The number of aryl methyl sites for hydroxylation is 2. The molecule has 2 saturated heterocycles. The molecule has 1 amide bonds. The quantitative estimate of drug-likeness (QED) is 0.260. The van der Waals surface area contributed by atoms with Crippen LogP contribution in [0.5, 0.6) is 5.75 Å². The van der Waals surface area contributed by atoms with E-state index in [9.17, 15) is 41.0 Å². The number of carbonyl (C=O) groups is 2. The smallest absolute Gasteiger partial charge is 0.416 e. The zero-order chi connectivity index (χ0) is 34.5. The maximum atomic E-state index is 13.7.